The molecule has 0 heterocycles. The maximum absolute atomic E-state index is 8.99. The molecule has 0 aliphatic rings. The van der Waals surface area contributed by atoms with Gasteiger partial charge in [-0.2, -0.15) is 5.26 Å². The van der Waals surface area contributed by atoms with Gasteiger partial charge in [-0.3, -0.25) is 4.99 Å². The van der Waals surface area contributed by atoms with Crippen molar-refractivity contribution in [1.29, 1.82) is 5.26 Å². The van der Waals surface area contributed by atoms with Gasteiger partial charge in [-0.05, 0) is 50.1 Å². The fourth-order valence-electron chi connectivity index (χ4n) is 2.51. The first-order chi connectivity index (χ1) is 12.5. The van der Waals surface area contributed by atoms with Crippen molar-refractivity contribution >= 4 is 5.96 Å². The molecule has 0 amide bonds. The molecule has 0 saturated heterocycles. The number of ether oxygens (including phenoxy) is 1. The zero-order chi connectivity index (χ0) is 18.9. The number of hydrogen-bond acceptors (Lipinski definition) is 3. The number of nitrogens with zero attached hydrogens (tertiary/aromatic N) is 2. The van der Waals surface area contributed by atoms with Gasteiger partial charge in [0.25, 0.3) is 0 Å². The summed E-state index contributed by atoms with van der Waals surface area (Å²) >= 11 is 0. The van der Waals surface area contributed by atoms with Gasteiger partial charge in [-0.1, -0.05) is 24.3 Å². The standard InChI is InChI=1S/C21H26N4O/c1-15(2)26-20-10-16(3)8-9-19(20)14-25-21(23-4)24-13-18-7-5-6-17(11-18)12-22/h5-11,15H,13-14H2,1-4H3,(H2,23,24,25). The van der Waals surface area contributed by atoms with Crippen molar-refractivity contribution in [3.05, 3.63) is 64.7 Å². The Morgan fingerprint density at radius 2 is 1.92 bits per heavy atom. The van der Waals surface area contributed by atoms with Crippen LogP contribution >= 0.6 is 0 Å². The highest BCUT2D eigenvalue weighted by atomic mass is 16.5. The summed E-state index contributed by atoms with van der Waals surface area (Å²) in [7, 11) is 1.74. The SMILES string of the molecule is CN=C(NCc1cccc(C#N)c1)NCc1ccc(C)cc1OC(C)C. The molecule has 5 heteroatoms. The molecule has 2 aromatic carbocycles. The number of rotatable bonds is 6. The Morgan fingerprint density at radius 3 is 2.62 bits per heavy atom. The molecule has 0 radical (unpaired) electrons. The van der Waals surface area contributed by atoms with Gasteiger partial charge < -0.3 is 15.4 Å². The molecule has 0 saturated carbocycles. The third-order valence-corrected chi connectivity index (χ3v) is 3.77. The van der Waals surface area contributed by atoms with Crippen molar-refractivity contribution in [3.8, 4) is 11.8 Å². The van der Waals surface area contributed by atoms with Gasteiger partial charge in [-0.25, -0.2) is 0 Å². The Hall–Kier alpha value is -3.00. The normalized spacial score (nSPS) is 11.2. The minimum Gasteiger partial charge on any atom is -0.491 e. The summed E-state index contributed by atoms with van der Waals surface area (Å²) in [5.74, 6) is 1.59. The van der Waals surface area contributed by atoms with E-state index in [1.54, 1.807) is 13.1 Å². The minimum absolute atomic E-state index is 0.125. The largest absolute Gasteiger partial charge is 0.491 e. The topological polar surface area (TPSA) is 69.4 Å². The molecule has 2 aromatic rings. The number of aryl methyl sites for hydroxylation is 1. The average Bonchev–Trinajstić information content (AvgIpc) is 2.63. The van der Waals surface area contributed by atoms with E-state index >= 15 is 0 Å². The van der Waals surface area contributed by atoms with E-state index in [1.165, 1.54) is 5.56 Å². The number of guanidine groups is 1. The third-order valence-electron chi connectivity index (χ3n) is 3.77. The quantitative estimate of drug-likeness (QED) is 0.618. The van der Waals surface area contributed by atoms with Crippen LogP contribution in [0.15, 0.2) is 47.5 Å². The van der Waals surface area contributed by atoms with Crippen molar-refractivity contribution < 1.29 is 4.74 Å². The number of aliphatic imine (C=N–C) groups is 1. The van der Waals surface area contributed by atoms with Crippen LogP contribution in [0.5, 0.6) is 5.75 Å². The first kappa shape index (κ1) is 19.3. The Morgan fingerprint density at radius 1 is 1.15 bits per heavy atom. The Bertz CT molecular complexity index is 806. The fourth-order valence-corrected chi connectivity index (χ4v) is 2.51. The predicted molar refractivity (Wildman–Crippen MR) is 105 cm³/mol. The van der Waals surface area contributed by atoms with Gasteiger partial charge in [0.15, 0.2) is 5.96 Å². The molecule has 0 fully saturated rings. The summed E-state index contributed by atoms with van der Waals surface area (Å²) in [5, 5.41) is 15.6. The number of nitriles is 1. The van der Waals surface area contributed by atoms with Gasteiger partial charge in [0.2, 0.25) is 0 Å². The highest BCUT2D eigenvalue weighted by molar-refractivity contribution is 5.79. The van der Waals surface area contributed by atoms with E-state index in [9.17, 15) is 0 Å². The highest BCUT2D eigenvalue weighted by Crippen LogP contribution is 2.21. The summed E-state index contributed by atoms with van der Waals surface area (Å²) in [5.41, 5.74) is 3.94. The molecule has 0 aromatic heterocycles. The van der Waals surface area contributed by atoms with Gasteiger partial charge in [0.05, 0.1) is 17.7 Å². The zero-order valence-corrected chi connectivity index (χ0v) is 15.8. The van der Waals surface area contributed by atoms with Gasteiger partial charge in [0, 0.05) is 25.7 Å². The van der Waals surface area contributed by atoms with E-state index in [2.05, 4.69) is 46.8 Å². The molecule has 0 aliphatic heterocycles. The summed E-state index contributed by atoms with van der Waals surface area (Å²) in [6, 6.07) is 15.9. The molecule has 2 N–H and O–H groups in total. The van der Waals surface area contributed by atoms with Crippen molar-refractivity contribution in [2.75, 3.05) is 7.05 Å². The second-order valence-corrected chi connectivity index (χ2v) is 6.37. The summed E-state index contributed by atoms with van der Waals surface area (Å²) in [6.07, 6.45) is 0.125. The maximum atomic E-state index is 8.99. The summed E-state index contributed by atoms with van der Waals surface area (Å²) in [6.45, 7) is 7.31. The fraction of sp³-hybridized carbons (Fsp3) is 0.333. The molecular weight excluding hydrogens is 324 g/mol. The monoisotopic (exact) mass is 350 g/mol. The molecule has 0 unspecified atom stereocenters. The first-order valence-electron chi connectivity index (χ1n) is 8.71. The van der Waals surface area contributed by atoms with Gasteiger partial charge >= 0.3 is 0 Å². The Labute approximate surface area is 155 Å². The van der Waals surface area contributed by atoms with Crippen LogP contribution in [0, 0.1) is 18.3 Å². The molecule has 0 spiro atoms. The molecule has 136 valence electrons. The molecule has 26 heavy (non-hydrogen) atoms. The van der Waals surface area contributed by atoms with Crippen LogP contribution in [0.1, 0.15) is 36.1 Å². The summed E-state index contributed by atoms with van der Waals surface area (Å²) in [4.78, 5) is 4.26. The van der Waals surface area contributed by atoms with E-state index < -0.39 is 0 Å². The molecule has 0 aliphatic carbocycles. The predicted octanol–water partition coefficient (Wildman–Crippen LogP) is 3.52. The molecule has 0 atom stereocenters. The van der Waals surface area contributed by atoms with E-state index in [-0.39, 0.29) is 6.10 Å². The molecular formula is C21H26N4O. The van der Waals surface area contributed by atoms with Crippen molar-refractivity contribution in [2.45, 2.75) is 40.0 Å². The van der Waals surface area contributed by atoms with Gasteiger partial charge in [-0.15, -0.1) is 0 Å². The van der Waals surface area contributed by atoms with E-state index in [1.807, 2.05) is 32.0 Å². The van der Waals surface area contributed by atoms with Crippen LogP contribution < -0.4 is 15.4 Å². The molecule has 0 bridgehead atoms. The van der Waals surface area contributed by atoms with Crippen LogP contribution in [0.25, 0.3) is 0 Å². The minimum atomic E-state index is 0.125. The lowest BCUT2D eigenvalue weighted by Gasteiger charge is -2.17. The lowest BCUT2D eigenvalue weighted by Crippen LogP contribution is -2.36. The lowest BCUT2D eigenvalue weighted by atomic mass is 10.1. The molecule has 2 rings (SSSR count). The lowest BCUT2D eigenvalue weighted by molar-refractivity contribution is 0.239. The van der Waals surface area contributed by atoms with Crippen LogP contribution in [0.3, 0.4) is 0 Å². The zero-order valence-electron chi connectivity index (χ0n) is 15.8. The third kappa shape index (κ3) is 5.82. The molecule has 5 nitrogen and oxygen atoms in total. The van der Waals surface area contributed by atoms with Crippen LogP contribution in [0.2, 0.25) is 0 Å². The second kappa shape index (κ2) is 9.47. The Balaban J connectivity index is 1.98. The maximum Gasteiger partial charge on any atom is 0.191 e. The van der Waals surface area contributed by atoms with Crippen molar-refractivity contribution in [2.24, 2.45) is 4.99 Å². The van der Waals surface area contributed by atoms with Crippen LogP contribution in [-0.2, 0) is 13.1 Å². The van der Waals surface area contributed by atoms with E-state index in [0.717, 1.165) is 16.9 Å². The highest BCUT2D eigenvalue weighted by Gasteiger charge is 2.07. The second-order valence-electron chi connectivity index (χ2n) is 6.37. The Kier molecular flexibility index (Phi) is 7.04. The van der Waals surface area contributed by atoms with Gasteiger partial charge in [0.1, 0.15) is 5.75 Å². The number of hydrogen-bond donors (Lipinski definition) is 2. The van der Waals surface area contributed by atoms with Crippen LogP contribution in [0.4, 0.5) is 0 Å². The van der Waals surface area contributed by atoms with Crippen LogP contribution in [-0.4, -0.2) is 19.1 Å². The number of nitrogens with one attached hydrogen (secondary N) is 2. The first-order valence-corrected chi connectivity index (χ1v) is 8.71. The van der Waals surface area contributed by atoms with E-state index in [4.69, 9.17) is 10.00 Å². The summed E-state index contributed by atoms with van der Waals surface area (Å²) < 4.78 is 5.92. The smallest absolute Gasteiger partial charge is 0.191 e. The van der Waals surface area contributed by atoms with E-state index in [0.29, 0.717) is 24.6 Å². The van der Waals surface area contributed by atoms with Crippen molar-refractivity contribution in [3.63, 3.8) is 0 Å². The van der Waals surface area contributed by atoms with Crippen molar-refractivity contribution in [1.82, 2.24) is 10.6 Å². The average molecular weight is 350 g/mol. The number of benzene rings is 2.